The first-order valence-electron chi connectivity index (χ1n) is 19.4. The van der Waals surface area contributed by atoms with E-state index < -0.39 is 35.4 Å². The molecule has 0 aromatic heterocycles. The van der Waals surface area contributed by atoms with E-state index in [2.05, 4.69) is 10.2 Å². The van der Waals surface area contributed by atoms with Crippen LogP contribution in [-0.2, 0) is 44.6 Å². The lowest BCUT2D eigenvalue weighted by atomic mass is 9.90. The van der Waals surface area contributed by atoms with Crippen LogP contribution in [0, 0.1) is 23.2 Å². The highest BCUT2D eigenvalue weighted by Gasteiger charge is 2.51. The van der Waals surface area contributed by atoms with Crippen molar-refractivity contribution in [2.45, 2.75) is 76.9 Å². The molecule has 0 saturated carbocycles. The van der Waals surface area contributed by atoms with Crippen molar-refractivity contribution in [3.05, 3.63) is 88.5 Å². The minimum absolute atomic E-state index is 0.0307. The molecule has 6 rings (SSSR count). The average molecular weight is 820 g/mol. The zero-order valence-corrected chi connectivity index (χ0v) is 33.2. The quantitative estimate of drug-likeness (QED) is 0.105. The van der Waals surface area contributed by atoms with Crippen molar-refractivity contribution in [1.82, 2.24) is 10.2 Å². The second-order valence-corrected chi connectivity index (χ2v) is 16.0. The summed E-state index contributed by atoms with van der Waals surface area (Å²) in [5.74, 6) is -0.330. The predicted octanol–water partition coefficient (Wildman–Crippen LogP) is 6.89. The van der Waals surface area contributed by atoms with Crippen molar-refractivity contribution in [2.75, 3.05) is 42.7 Å². The van der Waals surface area contributed by atoms with Crippen molar-refractivity contribution < 1.29 is 41.5 Å². The summed E-state index contributed by atoms with van der Waals surface area (Å²) in [4.78, 5) is 55.1. The first kappa shape index (κ1) is 42.4. The second-order valence-electron chi connectivity index (χ2n) is 15.6. The number of Topliss-reactive ketones (excluding diaryl/α,β-unsaturated/α-hetero) is 1. The Morgan fingerprint density at radius 3 is 2.41 bits per heavy atom. The van der Waals surface area contributed by atoms with Crippen LogP contribution < -0.4 is 19.9 Å². The van der Waals surface area contributed by atoms with E-state index in [9.17, 15) is 42.0 Å². The Bertz CT molecular complexity index is 2130. The number of imide groups is 1. The number of hydrogen-bond acceptors (Lipinski definition) is 8. The van der Waals surface area contributed by atoms with Crippen molar-refractivity contribution in [2.24, 2.45) is 11.8 Å². The van der Waals surface area contributed by atoms with E-state index >= 15 is 0 Å². The molecule has 3 amide bonds. The minimum Gasteiger partial charge on any atom is -0.493 e. The number of ether oxygens (including phenoxy) is 1. The summed E-state index contributed by atoms with van der Waals surface area (Å²) in [5, 5.41) is 11.6. The molecule has 0 bridgehead atoms. The maximum absolute atomic E-state index is 13.8. The number of nitrogens with one attached hydrogen (secondary N) is 1. The number of alkyl halides is 4. The van der Waals surface area contributed by atoms with Crippen LogP contribution in [0.3, 0.4) is 0 Å². The van der Waals surface area contributed by atoms with E-state index in [4.69, 9.17) is 17.0 Å². The van der Waals surface area contributed by atoms with Crippen molar-refractivity contribution in [3.63, 3.8) is 0 Å². The molecular formula is C43H45F4N5O5S. The van der Waals surface area contributed by atoms with Gasteiger partial charge in [0.1, 0.15) is 11.3 Å². The molecule has 10 nitrogen and oxygen atoms in total. The van der Waals surface area contributed by atoms with Crippen molar-refractivity contribution in [1.29, 1.82) is 5.26 Å². The molecule has 3 aliphatic rings. The molecule has 15 heteroatoms. The fraction of sp³-hybridized carbons (Fsp3) is 0.442. The number of nitriles is 1. The Kier molecular flexibility index (Phi) is 13.0. The maximum atomic E-state index is 13.8. The highest BCUT2D eigenvalue weighted by molar-refractivity contribution is 7.81. The first-order chi connectivity index (χ1) is 27.6. The van der Waals surface area contributed by atoms with Gasteiger partial charge in [-0.25, -0.2) is 0 Å². The van der Waals surface area contributed by atoms with Crippen LogP contribution in [0.25, 0.3) is 0 Å². The van der Waals surface area contributed by atoms with Gasteiger partial charge in [-0.2, -0.15) is 18.4 Å². The number of carbonyl (C=O) groups is 4. The molecule has 3 heterocycles. The van der Waals surface area contributed by atoms with Gasteiger partial charge >= 0.3 is 6.18 Å². The van der Waals surface area contributed by atoms with Gasteiger partial charge in [-0.3, -0.25) is 38.7 Å². The van der Waals surface area contributed by atoms with E-state index in [1.165, 1.54) is 17.0 Å². The lowest BCUT2D eigenvalue weighted by Crippen LogP contribution is -2.44. The largest absolute Gasteiger partial charge is 0.493 e. The number of piperidine rings is 2. The highest BCUT2D eigenvalue weighted by atomic mass is 32.1. The van der Waals surface area contributed by atoms with E-state index in [1.54, 1.807) is 32.0 Å². The zero-order valence-electron chi connectivity index (χ0n) is 32.4. The Morgan fingerprint density at radius 1 is 1.00 bits per heavy atom. The third-order valence-corrected chi connectivity index (χ3v) is 11.5. The molecule has 1 N–H and O–H groups in total. The SMILES string of the molecule is CC1(C)C(=O)N(c2ccc(C#N)c(C(F)(F)F)c2)C(=S)N1c1ccc(OCCC2CCN(CC(=O)Cc3cccc(CC4CCC(=O)NC4=O)c3)CC2)c(CCF)c1. The Morgan fingerprint density at radius 2 is 1.72 bits per heavy atom. The normalized spacial score (nSPS) is 19.0. The van der Waals surface area contributed by atoms with Crippen LogP contribution in [0.1, 0.15) is 73.8 Å². The van der Waals surface area contributed by atoms with Gasteiger partial charge in [0.15, 0.2) is 10.9 Å². The van der Waals surface area contributed by atoms with Crippen molar-refractivity contribution >= 4 is 52.2 Å². The molecule has 58 heavy (non-hydrogen) atoms. The summed E-state index contributed by atoms with van der Waals surface area (Å²) in [6, 6.07) is 17.3. The third-order valence-electron chi connectivity index (χ3n) is 11.1. The van der Waals surface area contributed by atoms with Crippen LogP contribution in [0.4, 0.5) is 28.9 Å². The maximum Gasteiger partial charge on any atom is 0.417 e. The number of halogens is 4. The van der Waals surface area contributed by atoms with Crippen LogP contribution in [0.5, 0.6) is 5.75 Å². The summed E-state index contributed by atoms with van der Waals surface area (Å²) < 4.78 is 61.3. The predicted molar refractivity (Wildman–Crippen MR) is 213 cm³/mol. The molecule has 0 aliphatic carbocycles. The summed E-state index contributed by atoms with van der Waals surface area (Å²) in [7, 11) is 0. The van der Waals surface area contributed by atoms with Gasteiger partial charge in [0.2, 0.25) is 11.8 Å². The van der Waals surface area contributed by atoms with Gasteiger partial charge in [0, 0.05) is 30.9 Å². The molecule has 1 atom stereocenters. The van der Waals surface area contributed by atoms with E-state index in [0.717, 1.165) is 60.5 Å². The molecule has 3 aromatic rings. The smallest absolute Gasteiger partial charge is 0.417 e. The van der Waals surface area contributed by atoms with E-state index in [0.29, 0.717) is 61.8 Å². The molecule has 3 aliphatic heterocycles. The minimum atomic E-state index is -4.82. The topological polar surface area (TPSA) is 123 Å². The molecule has 3 saturated heterocycles. The number of nitrogens with zero attached hydrogens (tertiary/aromatic N) is 4. The van der Waals surface area contributed by atoms with Crippen LogP contribution in [0.15, 0.2) is 60.7 Å². The number of thiocarbonyl (C=S) groups is 1. The number of carbonyl (C=O) groups excluding carboxylic acids is 4. The number of likely N-dealkylation sites (tertiary alicyclic amines) is 1. The molecule has 3 aromatic carbocycles. The second kappa shape index (κ2) is 17.7. The molecule has 0 radical (unpaired) electrons. The summed E-state index contributed by atoms with van der Waals surface area (Å²) in [6.07, 6.45) is -0.572. The highest BCUT2D eigenvalue weighted by Crippen LogP contribution is 2.41. The molecule has 0 spiro atoms. The van der Waals surface area contributed by atoms with Crippen molar-refractivity contribution in [3.8, 4) is 11.8 Å². The van der Waals surface area contributed by atoms with Gasteiger partial charge in [0.25, 0.3) is 5.91 Å². The van der Waals surface area contributed by atoms with Gasteiger partial charge < -0.3 is 9.64 Å². The van der Waals surface area contributed by atoms with Gasteiger partial charge in [-0.15, -0.1) is 0 Å². The van der Waals surface area contributed by atoms with Crippen LogP contribution in [-0.4, -0.2) is 72.0 Å². The number of rotatable bonds is 14. The molecular weight excluding hydrogens is 775 g/mol. The number of benzene rings is 3. The Balaban J connectivity index is 1.01. The van der Waals surface area contributed by atoms with E-state index in [-0.39, 0.29) is 40.7 Å². The lowest BCUT2D eigenvalue weighted by Gasteiger charge is -2.31. The Hall–Kier alpha value is -5.20. The van der Waals surface area contributed by atoms with E-state index in [1.807, 2.05) is 24.3 Å². The first-order valence-corrected chi connectivity index (χ1v) is 19.8. The number of amides is 3. The fourth-order valence-corrected chi connectivity index (χ4v) is 8.51. The van der Waals surface area contributed by atoms with Crippen LogP contribution in [0.2, 0.25) is 0 Å². The number of hydrogen-bond donors (Lipinski definition) is 1. The van der Waals surface area contributed by atoms with Gasteiger partial charge in [0.05, 0.1) is 42.7 Å². The molecule has 3 fully saturated rings. The average Bonchev–Trinajstić information content (AvgIpc) is 3.35. The molecule has 1 unspecified atom stereocenters. The number of anilines is 2. The molecule has 306 valence electrons. The lowest BCUT2D eigenvalue weighted by molar-refractivity contribution is -0.138. The summed E-state index contributed by atoms with van der Waals surface area (Å²) in [6.45, 7) is 4.81. The van der Waals surface area contributed by atoms with Gasteiger partial charge in [-0.05, 0) is 130 Å². The monoisotopic (exact) mass is 819 g/mol. The fourth-order valence-electron chi connectivity index (χ4n) is 7.99. The zero-order chi connectivity index (χ0) is 41.8. The summed E-state index contributed by atoms with van der Waals surface area (Å²) >= 11 is 5.67. The Labute approximate surface area is 340 Å². The number of ketones is 1. The standard InChI is InChI=1S/C43H45F4N5O5S/c1-42(2)40(56)51(33-8-6-32(25-48)36(24-33)43(45,46)47)41(58)52(42)34-9-10-37(30(23-34)12-16-44)57-19-15-27-13-17-50(18-14-27)26-35(53)22-29-5-3-4-28(20-29)21-31-7-11-38(54)49-39(31)55/h3-6,8-10,20,23-24,27,31H,7,11-19,21-22,26H2,1-2H3,(H,49,54,55). The number of aryl methyl sites for hydroxylation is 1. The van der Waals surface area contributed by atoms with Gasteiger partial charge in [-0.1, -0.05) is 24.3 Å². The van der Waals surface area contributed by atoms with Crippen LogP contribution >= 0.6 is 12.2 Å². The third kappa shape index (κ3) is 9.56. The summed E-state index contributed by atoms with van der Waals surface area (Å²) in [5.41, 5.74) is -0.304.